The Labute approximate surface area is 186 Å². The van der Waals surface area contributed by atoms with Crippen molar-refractivity contribution in [2.24, 2.45) is 0 Å². The number of anilines is 3. The smallest absolute Gasteiger partial charge is 0.246 e. The first-order valence-electron chi connectivity index (χ1n) is 10.7. The quantitative estimate of drug-likeness (QED) is 0.698. The van der Waals surface area contributed by atoms with Gasteiger partial charge in [0.25, 0.3) is 0 Å². The van der Waals surface area contributed by atoms with Gasteiger partial charge in [-0.25, -0.2) is 9.37 Å². The zero-order chi connectivity index (χ0) is 22.7. The normalized spacial score (nSPS) is 18.5. The molecule has 1 aromatic heterocycles. The van der Waals surface area contributed by atoms with E-state index in [1.54, 1.807) is 34.2 Å². The molecular formula is C23H27FN6O2. The molecule has 1 N–H and O–H groups in total. The summed E-state index contributed by atoms with van der Waals surface area (Å²) in [5.74, 6) is 0.526. The number of amides is 2. The first-order chi connectivity index (χ1) is 15.4. The molecule has 2 amide bonds. The number of aromatic nitrogens is 2. The molecule has 0 bridgehead atoms. The summed E-state index contributed by atoms with van der Waals surface area (Å²) < 4.78 is 13.2. The van der Waals surface area contributed by atoms with Crippen molar-refractivity contribution in [3.05, 3.63) is 54.0 Å². The van der Waals surface area contributed by atoms with Crippen LogP contribution in [0.2, 0.25) is 0 Å². The number of benzene rings is 1. The summed E-state index contributed by atoms with van der Waals surface area (Å²) in [7, 11) is 3.90. The van der Waals surface area contributed by atoms with Crippen LogP contribution >= 0.6 is 0 Å². The Morgan fingerprint density at radius 3 is 2.84 bits per heavy atom. The highest BCUT2D eigenvalue weighted by Gasteiger charge is 2.37. The van der Waals surface area contributed by atoms with Crippen molar-refractivity contribution in [3.63, 3.8) is 0 Å². The first-order valence-corrected chi connectivity index (χ1v) is 10.7. The number of likely N-dealkylation sites (N-methyl/N-ethyl adjacent to an activating group) is 1. The minimum Gasteiger partial charge on any atom is -0.337 e. The highest BCUT2D eigenvalue weighted by Crippen LogP contribution is 2.32. The number of nitrogens with one attached hydrogen (secondary N) is 1. The summed E-state index contributed by atoms with van der Waals surface area (Å²) in [4.78, 5) is 39.8. The number of carbonyl (C=O) groups excluding carboxylic acids is 2. The number of nitrogens with zero attached hydrogens (tertiary/aromatic N) is 5. The molecular weight excluding hydrogens is 411 g/mol. The number of hydrogen-bond acceptors (Lipinski definition) is 6. The minimum atomic E-state index is -0.324. The summed E-state index contributed by atoms with van der Waals surface area (Å²) in [5, 5.41) is 3.05. The van der Waals surface area contributed by atoms with Crippen molar-refractivity contribution < 1.29 is 14.0 Å². The van der Waals surface area contributed by atoms with Gasteiger partial charge in [-0.05, 0) is 51.2 Å². The zero-order valence-electron chi connectivity index (χ0n) is 18.3. The Bertz CT molecular complexity index is 1020. The lowest BCUT2D eigenvalue weighted by atomic mass is 10.0. The van der Waals surface area contributed by atoms with E-state index in [4.69, 9.17) is 0 Å². The number of rotatable bonds is 6. The van der Waals surface area contributed by atoms with Gasteiger partial charge in [-0.2, -0.15) is 4.98 Å². The van der Waals surface area contributed by atoms with Crippen LogP contribution in [0.25, 0.3) is 0 Å². The fourth-order valence-corrected chi connectivity index (χ4v) is 4.03. The highest BCUT2D eigenvalue weighted by molar-refractivity contribution is 6.01. The molecule has 8 nitrogen and oxygen atoms in total. The first kappa shape index (κ1) is 21.9. The van der Waals surface area contributed by atoms with E-state index in [2.05, 4.69) is 15.3 Å². The van der Waals surface area contributed by atoms with E-state index in [1.165, 1.54) is 12.1 Å². The van der Waals surface area contributed by atoms with Gasteiger partial charge in [0, 0.05) is 43.2 Å². The monoisotopic (exact) mass is 438 g/mol. The van der Waals surface area contributed by atoms with Crippen LogP contribution in [0.5, 0.6) is 0 Å². The third-order valence-electron chi connectivity index (χ3n) is 5.58. The van der Waals surface area contributed by atoms with E-state index in [-0.39, 0.29) is 30.1 Å². The van der Waals surface area contributed by atoms with Crippen molar-refractivity contribution in [3.8, 4) is 0 Å². The molecule has 2 aromatic rings. The van der Waals surface area contributed by atoms with Gasteiger partial charge in [0.15, 0.2) is 0 Å². The number of fused-ring (bicyclic) bond motifs is 1. The van der Waals surface area contributed by atoms with Crippen molar-refractivity contribution in [1.82, 2.24) is 19.8 Å². The molecule has 168 valence electrons. The Morgan fingerprint density at radius 1 is 1.31 bits per heavy atom. The van der Waals surface area contributed by atoms with Crippen molar-refractivity contribution in [2.45, 2.75) is 25.3 Å². The Balaban J connectivity index is 1.49. The predicted molar refractivity (Wildman–Crippen MR) is 120 cm³/mol. The second-order valence-corrected chi connectivity index (χ2v) is 8.36. The van der Waals surface area contributed by atoms with Crippen LogP contribution in [0, 0.1) is 5.82 Å². The van der Waals surface area contributed by atoms with Crippen molar-refractivity contribution >= 4 is 29.3 Å². The maximum absolute atomic E-state index is 13.2. The number of halogens is 1. The van der Waals surface area contributed by atoms with Crippen LogP contribution in [0.3, 0.4) is 0 Å². The molecule has 32 heavy (non-hydrogen) atoms. The lowest BCUT2D eigenvalue weighted by molar-refractivity contribution is -0.128. The van der Waals surface area contributed by atoms with Crippen LogP contribution in [-0.2, 0) is 16.0 Å². The van der Waals surface area contributed by atoms with Gasteiger partial charge in [-0.1, -0.05) is 6.08 Å². The van der Waals surface area contributed by atoms with Crippen LogP contribution in [0.15, 0.2) is 42.6 Å². The van der Waals surface area contributed by atoms with Gasteiger partial charge in [-0.3, -0.25) is 14.5 Å². The fourth-order valence-electron chi connectivity index (χ4n) is 4.03. The molecule has 0 spiro atoms. The Kier molecular flexibility index (Phi) is 6.45. The topological polar surface area (TPSA) is 81.7 Å². The van der Waals surface area contributed by atoms with Gasteiger partial charge in [0.05, 0.1) is 12.5 Å². The lowest BCUT2D eigenvalue weighted by Crippen LogP contribution is -2.51. The van der Waals surface area contributed by atoms with Crippen LogP contribution in [-0.4, -0.2) is 71.4 Å². The van der Waals surface area contributed by atoms with Crippen LogP contribution in [0.1, 0.15) is 18.4 Å². The van der Waals surface area contributed by atoms with Gasteiger partial charge in [0.1, 0.15) is 11.6 Å². The van der Waals surface area contributed by atoms with E-state index in [9.17, 15) is 14.0 Å². The fraction of sp³-hybridized carbons (Fsp3) is 0.391. The Hall–Kier alpha value is -3.33. The molecule has 1 atom stereocenters. The SMILES string of the molecule is CN(C)C/C=C/C(=O)N1CCC[C@@H](N2C(=O)Cc3cnc(Nc4ccc(F)cc4)nc32)C1. The third kappa shape index (κ3) is 4.94. The van der Waals surface area contributed by atoms with Crippen molar-refractivity contribution in [2.75, 3.05) is 43.9 Å². The molecule has 0 aliphatic carbocycles. The van der Waals surface area contributed by atoms with Gasteiger partial charge < -0.3 is 15.1 Å². The predicted octanol–water partition coefficient (Wildman–Crippen LogP) is 2.36. The van der Waals surface area contributed by atoms with E-state index in [1.807, 2.05) is 25.1 Å². The molecule has 3 heterocycles. The minimum absolute atomic E-state index is 0.0318. The second kappa shape index (κ2) is 9.44. The molecule has 1 aromatic carbocycles. The summed E-state index contributed by atoms with van der Waals surface area (Å²) in [6.07, 6.45) is 6.99. The molecule has 0 saturated carbocycles. The van der Waals surface area contributed by atoms with Crippen molar-refractivity contribution in [1.29, 1.82) is 0 Å². The second-order valence-electron chi connectivity index (χ2n) is 8.36. The number of piperidine rings is 1. The highest BCUT2D eigenvalue weighted by atomic mass is 19.1. The van der Waals surface area contributed by atoms with Crippen LogP contribution in [0.4, 0.5) is 21.8 Å². The molecule has 4 rings (SSSR count). The maximum Gasteiger partial charge on any atom is 0.246 e. The molecule has 0 unspecified atom stereocenters. The number of likely N-dealkylation sites (tertiary alicyclic amines) is 1. The molecule has 1 fully saturated rings. The van der Waals surface area contributed by atoms with E-state index < -0.39 is 0 Å². The van der Waals surface area contributed by atoms with E-state index in [0.29, 0.717) is 37.1 Å². The lowest BCUT2D eigenvalue weighted by Gasteiger charge is -2.37. The average molecular weight is 439 g/mol. The number of hydrogen-bond donors (Lipinski definition) is 1. The van der Waals surface area contributed by atoms with Crippen LogP contribution < -0.4 is 10.2 Å². The molecule has 2 aliphatic rings. The summed E-state index contributed by atoms with van der Waals surface area (Å²) >= 11 is 0. The van der Waals surface area contributed by atoms with Gasteiger partial charge in [0.2, 0.25) is 17.8 Å². The molecule has 2 aliphatic heterocycles. The molecule has 9 heteroatoms. The summed E-state index contributed by atoms with van der Waals surface area (Å²) in [6.45, 7) is 1.85. The average Bonchev–Trinajstić information content (AvgIpc) is 3.10. The Morgan fingerprint density at radius 2 is 2.09 bits per heavy atom. The maximum atomic E-state index is 13.2. The third-order valence-corrected chi connectivity index (χ3v) is 5.58. The summed E-state index contributed by atoms with van der Waals surface area (Å²) in [5.41, 5.74) is 1.43. The largest absolute Gasteiger partial charge is 0.337 e. The van der Waals surface area contributed by atoms with E-state index in [0.717, 1.165) is 18.4 Å². The number of carbonyl (C=O) groups is 2. The van der Waals surface area contributed by atoms with Gasteiger partial charge >= 0.3 is 0 Å². The standard InChI is InChI=1S/C23H27FN6O2/c1-28(2)11-4-6-20(31)29-12-3-5-19(15-29)30-21(32)13-16-14-25-23(27-22(16)30)26-18-9-7-17(24)8-10-18/h4,6-10,14,19H,3,5,11-13,15H2,1-2H3,(H,25,26,27)/b6-4+/t19-/m1/s1. The summed E-state index contributed by atoms with van der Waals surface area (Å²) in [6, 6.07) is 5.78. The van der Waals surface area contributed by atoms with Gasteiger partial charge in [-0.15, -0.1) is 0 Å². The molecule has 0 radical (unpaired) electrons. The zero-order valence-corrected chi connectivity index (χ0v) is 18.3. The van der Waals surface area contributed by atoms with E-state index >= 15 is 0 Å². The molecule has 1 saturated heterocycles.